The first kappa shape index (κ1) is 12.7. The molecule has 3 heterocycles. The molecule has 5 N–H and O–H groups in total. The summed E-state index contributed by atoms with van der Waals surface area (Å²) in [6, 6.07) is 0. The maximum atomic E-state index is 9.93. The van der Waals surface area contributed by atoms with E-state index in [4.69, 9.17) is 18.9 Å². The third-order valence-corrected chi connectivity index (χ3v) is 3.28. The van der Waals surface area contributed by atoms with Gasteiger partial charge in [-0.3, -0.25) is 0 Å². The monoisotopic (exact) mass is 266 g/mol. The van der Waals surface area contributed by atoms with Crippen molar-refractivity contribution in [2.24, 2.45) is 0 Å². The summed E-state index contributed by atoms with van der Waals surface area (Å²) >= 11 is 0. The van der Waals surface area contributed by atoms with Gasteiger partial charge >= 0.3 is 0 Å². The fourth-order valence-electron chi connectivity index (χ4n) is 2.18. The van der Waals surface area contributed by atoms with Crippen LogP contribution in [0.4, 0.5) is 0 Å². The van der Waals surface area contributed by atoms with Gasteiger partial charge in [-0.2, -0.15) is 0 Å². The van der Waals surface area contributed by atoms with E-state index in [2.05, 4.69) is 0 Å². The lowest BCUT2D eigenvalue weighted by Crippen LogP contribution is -2.48. The van der Waals surface area contributed by atoms with Crippen molar-refractivity contribution >= 4 is 0 Å². The highest BCUT2D eigenvalue weighted by atomic mass is 16.9. The second kappa shape index (κ2) is 4.07. The molecular formula is C9H14O9. The molecule has 0 amide bonds. The van der Waals surface area contributed by atoms with Crippen LogP contribution in [-0.4, -0.2) is 81.2 Å². The average molecular weight is 266 g/mol. The summed E-state index contributed by atoms with van der Waals surface area (Å²) in [7, 11) is 0. The van der Waals surface area contributed by atoms with Crippen molar-refractivity contribution in [3.05, 3.63) is 0 Å². The Kier molecular flexibility index (Phi) is 2.86. The molecule has 0 aromatic carbocycles. The normalized spacial score (nSPS) is 60.2. The number of rotatable bonds is 0. The van der Waals surface area contributed by atoms with Gasteiger partial charge in [-0.1, -0.05) is 0 Å². The molecule has 0 spiro atoms. The van der Waals surface area contributed by atoms with E-state index in [1.54, 1.807) is 0 Å². The zero-order valence-electron chi connectivity index (χ0n) is 9.12. The lowest BCUT2D eigenvalue weighted by atomic mass is 10.1. The molecule has 4 bridgehead atoms. The number of hydrogen-bond donors (Lipinski definition) is 5. The van der Waals surface area contributed by atoms with Crippen LogP contribution in [0.15, 0.2) is 0 Å². The van der Waals surface area contributed by atoms with Crippen molar-refractivity contribution in [1.82, 2.24) is 0 Å². The summed E-state index contributed by atoms with van der Waals surface area (Å²) in [6.45, 7) is -0.549. The van der Waals surface area contributed by atoms with Crippen LogP contribution in [0.1, 0.15) is 0 Å². The topological polar surface area (TPSA) is 138 Å². The molecule has 0 aliphatic carbocycles. The fourth-order valence-corrected chi connectivity index (χ4v) is 2.18. The summed E-state index contributed by atoms with van der Waals surface area (Å²) in [5, 5.41) is 48.4. The maximum absolute atomic E-state index is 9.93. The highest BCUT2D eigenvalue weighted by Gasteiger charge is 2.58. The van der Waals surface area contributed by atoms with Crippen molar-refractivity contribution in [3.63, 3.8) is 0 Å². The van der Waals surface area contributed by atoms with Gasteiger partial charge in [0.15, 0.2) is 18.9 Å². The summed E-state index contributed by atoms with van der Waals surface area (Å²) in [5.41, 5.74) is 0. The molecular weight excluding hydrogens is 252 g/mol. The molecule has 9 heteroatoms. The first-order valence-corrected chi connectivity index (χ1v) is 5.47. The Hall–Kier alpha value is -0.360. The molecule has 8 unspecified atom stereocenters. The molecule has 0 radical (unpaired) electrons. The number of ether oxygens (including phenoxy) is 4. The predicted molar refractivity (Wildman–Crippen MR) is 49.5 cm³/mol. The lowest BCUT2D eigenvalue weighted by molar-refractivity contribution is -0.303. The van der Waals surface area contributed by atoms with Crippen LogP contribution in [0.5, 0.6) is 0 Å². The third-order valence-electron chi connectivity index (χ3n) is 3.28. The highest BCUT2D eigenvalue weighted by Crippen LogP contribution is 2.36. The standard InChI is InChI=1S/C9H14O9/c10-2-3(11)7-16-6(2)15-1-9(14)5(13)4(12)8(17-7)18-9/h2-8,10-14H,1H2. The molecule has 3 saturated heterocycles. The van der Waals surface area contributed by atoms with Crippen LogP contribution in [0.3, 0.4) is 0 Å². The Labute approximate surface area is 101 Å². The van der Waals surface area contributed by atoms with Crippen molar-refractivity contribution in [2.75, 3.05) is 6.61 Å². The molecule has 0 saturated carbocycles. The van der Waals surface area contributed by atoms with E-state index in [0.717, 1.165) is 0 Å². The summed E-state index contributed by atoms with van der Waals surface area (Å²) in [5.74, 6) is -2.15. The summed E-state index contributed by atoms with van der Waals surface area (Å²) in [6.07, 6.45) is -9.77. The van der Waals surface area contributed by atoms with Crippen LogP contribution in [0.25, 0.3) is 0 Å². The largest absolute Gasteiger partial charge is 0.385 e. The van der Waals surface area contributed by atoms with E-state index in [1.807, 2.05) is 0 Å². The average Bonchev–Trinajstić information content (AvgIpc) is 2.75. The van der Waals surface area contributed by atoms with Gasteiger partial charge in [0.25, 0.3) is 0 Å². The lowest BCUT2D eigenvalue weighted by Gasteiger charge is -2.27. The van der Waals surface area contributed by atoms with Crippen molar-refractivity contribution in [1.29, 1.82) is 0 Å². The number of aliphatic hydroxyl groups is 5. The van der Waals surface area contributed by atoms with Crippen LogP contribution < -0.4 is 0 Å². The van der Waals surface area contributed by atoms with Gasteiger partial charge in [-0.15, -0.1) is 0 Å². The Bertz CT molecular complexity index is 338. The molecule has 104 valence electrons. The molecule has 3 rings (SSSR count). The smallest absolute Gasteiger partial charge is 0.221 e. The highest BCUT2D eigenvalue weighted by molar-refractivity contribution is 4.95. The van der Waals surface area contributed by atoms with Crippen LogP contribution in [0, 0.1) is 0 Å². The number of fused-ring (bicyclic) bond motifs is 4. The van der Waals surface area contributed by atoms with Gasteiger partial charge in [0, 0.05) is 0 Å². The van der Waals surface area contributed by atoms with E-state index in [1.165, 1.54) is 0 Å². The van der Waals surface area contributed by atoms with Crippen molar-refractivity contribution in [3.8, 4) is 0 Å². The predicted octanol–water partition coefficient (Wildman–Crippen LogP) is -3.80. The minimum atomic E-state index is -2.15. The first-order valence-electron chi connectivity index (χ1n) is 5.47. The van der Waals surface area contributed by atoms with Crippen molar-refractivity contribution in [2.45, 2.75) is 49.1 Å². The van der Waals surface area contributed by atoms with Crippen LogP contribution in [0.2, 0.25) is 0 Å². The summed E-state index contributed by atoms with van der Waals surface area (Å²) in [4.78, 5) is 0. The SMILES string of the molecule is OC1C2OCC3(O)OC(OC(O2)C1O)C(O)C3O. The van der Waals surface area contributed by atoms with E-state index in [0.29, 0.717) is 0 Å². The second-order valence-electron chi connectivity index (χ2n) is 4.57. The molecule has 8 atom stereocenters. The van der Waals surface area contributed by atoms with Crippen LogP contribution in [-0.2, 0) is 18.9 Å². The number of hydrogen-bond acceptors (Lipinski definition) is 9. The van der Waals surface area contributed by atoms with Gasteiger partial charge in [0.2, 0.25) is 5.79 Å². The molecule has 3 aliphatic rings. The Morgan fingerprint density at radius 2 is 1.44 bits per heavy atom. The molecule has 9 nitrogen and oxygen atoms in total. The Morgan fingerprint density at radius 1 is 0.833 bits per heavy atom. The molecule has 3 fully saturated rings. The van der Waals surface area contributed by atoms with Gasteiger partial charge < -0.3 is 44.5 Å². The van der Waals surface area contributed by atoms with Gasteiger partial charge in [-0.05, 0) is 0 Å². The van der Waals surface area contributed by atoms with Gasteiger partial charge in [-0.25, -0.2) is 0 Å². The van der Waals surface area contributed by atoms with E-state index in [9.17, 15) is 25.5 Å². The second-order valence-corrected chi connectivity index (χ2v) is 4.57. The maximum Gasteiger partial charge on any atom is 0.221 e. The van der Waals surface area contributed by atoms with Crippen molar-refractivity contribution < 1.29 is 44.5 Å². The zero-order valence-corrected chi connectivity index (χ0v) is 9.12. The van der Waals surface area contributed by atoms with Gasteiger partial charge in [0.05, 0.1) is 0 Å². The summed E-state index contributed by atoms with van der Waals surface area (Å²) < 4.78 is 20.1. The molecule has 3 aliphatic heterocycles. The minimum Gasteiger partial charge on any atom is -0.385 e. The molecule has 0 aromatic rings. The number of aliphatic hydroxyl groups excluding tert-OH is 4. The molecule has 0 aromatic heterocycles. The van der Waals surface area contributed by atoms with E-state index < -0.39 is 55.7 Å². The zero-order chi connectivity index (χ0) is 13.1. The molecule has 18 heavy (non-hydrogen) atoms. The fraction of sp³-hybridized carbons (Fsp3) is 1.00. The Balaban J connectivity index is 1.87. The third kappa shape index (κ3) is 1.68. The van der Waals surface area contributed by atoms with E-state index >= 15 is 0 Å². The Morgan fingerprint density at radius 3 is 2.17 bits per heavy atom. The van der Waals surface area contributed by atoms with Gasteiger partial charge in [0.1, 0.15) is 31.0 Å². The van der Waals surface area contributed by atoms with Crippen LogP contribution >= 0.6 is 0 Å². The minimum absolute atomic E-state index is 0.549. The first-order chi connectivity index (χ1) is 8.42. The van der Waals surface area contributed by atoms with E-state index in [-0.39, 0.29) is 0 Å². The quantitative estimate of drug-likeness (QED) is 0.299.